The zero-order valence-electron chi connectivity index (χ0n) is 18.3. The van der Waals surface area contributed by atoms with Crippen LogP contribution in [0.25, 0.3) is 10.9 Å². The molecule has 0 aliphatic heterocycles. The Kier molecular flexibility index (Phi) is 8.08. The van der Waals surface area contributed by atoms with E-state index in [2.05, 4.69) is 4.98 Å². The van der Waals surface area contributed by atoms with Gasteiger partial charge in [0, 0.05) is 42.2 Å². The SMILES string of the molecule is CCOc1ccc2[nH]c(=O)c(CN(CCOC)C(=O)N(C(C)C)C(C)C)cc2c1. The number of benzene rings is 1. The van der Waals surface area contributed by atoms with E-state index in [0.717, 1.165) is 16.7 Å². The Morgan fingerprint density at radius 1 is 1.14 bits per heavy atom. The topological polar surface area (TPSA) is 74.9 Å². The van der Waals surface area contributed by atoms with E-state index in [9.17, 15) is 9.59 Å². The molecular formula is C22H33N3O4. The molecule has 1 aromatic heterocycles. The summed E-state index contributed by atoms with van der Waals surface area (Å²) in [6.45, 7) is 11.5. The Morgan fingerprint density at radius 3 is 2.41 bits per heavy atom. The largest absolute Gasteiger partial charge is 0.494 e. The molecule has 2 amide bonds. The number of hydrogen-bond acceptors (Lipinski definition) is 4. The lowest BCUT2D eigenvalue weighted by molar-refractivity contribution is 0.103. The van der Waals surface area contributed by atoms with Crippen molar-refractivity contribution in [3.8, 4) is 5.75 Å². The van der Waals surface area contributed by atoms with Crippen LogP contribution in [0.1, 0.15) is 40.2 Å². The van der Waals surface area contributed by atoms with Gasteiger partial charge >= 0.3 is 6.03 Å². The van der Waals surface area contributed by atoms with Crippen LogP contribution in [0.15, 0.2) is 29.1 Å². The second-order valence-corrected chi connectivity index (χ2v) is 7.60. The number of aromatic amines is 1. The second-order valence-electron chi connectivity index (χ2n) is 7.60. The van der Waals surface area contributed by atoms with Crippen LogP contribution in [0.5, 0.6) is 5.75 Å². The lowest BCUT2D eigenvalue weighted by atomic mass is 10.1. The summed E-state index contributed by atoms with van der Waals surface area (Å²) in [5, 5.41) is 0.870. The van der Waals surface area contributed by atoms with Gasteiger partial charge in [-0.15, -0.1) is 0 Å². The number of carbonyl (C=O) groups excluding carboxylic acids is 1. The van der Waals surface area contributed by atoms with Crippen LogP contribution in [-0.4, -0.2) is 59.8 Å². The number of nitrogens with zero attached hydrogens (tertiary/aromatic N) is 2. The van der Waals surface area contributed by atoms with E-state index in [1.807, 2.05) is 63.8 Å². The molecule has 0 saturated carbocycles. The quantitative estimate of drug-likeness (QED) is 0.694. The van der Waals surface area contributed by atoms with Crippen LogP contribution >= 0.6 is 0 Å². The summed E-state index contributed by atoms with van der Waals surface area (Å²) >= 11 is 0. The number of ether oxygens (including phenoxy) is 2. The number of amides is 2. The van der Waals surface area contributed by atoms with E-state index in [1.54, 1.807) is 12.0 Å². The molecule has 0 unspecified atom stereocenters. The molecule has 7 nitrogen and oxygen atoms in total. The van der Waals surface area contributed by atoms with Gasteiger partial charge in [-0.05, 0) is 58.9 Å². The first kappa shape index (κ1) is 22.7. The summed E-state index contributed by atoms with van der Waals surface area (Å²) < 4.78 is 10.8. The molecule has 29 heavy (non-hydrogen) atoms. The lowest BCUT2D eigenvalue weighted by Crippen LogP contribution is -2.50. The van der Waals surface area contributed by atoms with E-state index < -0.39 is 0 Å². The Labute approximate surface area is 172 Å². The van der Waals surface area contributed by atoms with Gasteiger partial charge in [0.1, 0.15) is 5.75 Å². The third-order valence-corrected chi connectivity index (χ3v) is 4.73. The molecule has 0 aliphatic rings. The van der Waals surface area contributed by atoms with Crippen LogP contribution in [0.3, 0.4) is 0 Å². The number of aromatic nitrogens is 1. The Bertz CT molecular complexity index is 868. The number of H-pyrrole nitrogens is 1. The highest BCUT2D eigenvalue weighted by Crippen LogP contribution is 2.20. The van der Waals surface area contributed by atoms with E-state index in [1.165, 1.54) is 0 Å². The highest BCUT2D eigenvalue weighted by atomic mass is 16.5. The molecule has 0 radical (unpaired) electrons. The van der Waals surface area contributed by atoms with Crippen molar-refractivity contribution in [2.75, 3.05) is 26.9 Å². The molecule has 1 aromatic carbocycles. The van der Waals surface area contributed by atoms with Crippen molar-refractivity contribution in [1.29, 1.82) is 0 Å². The van der Waals surface area contributed by atoms with Crippen LogP contribution in [0.2, 0.25) is 0 Å². The standard InChI is InChI=1S/C22H33N3O4/c1-7-29-19-8-9-20-17(13-19)12-18(21(26)23-20)14-24(10-11-28-6)22(27)25(15(2)3)16(4)5/h8-9,12-13,15-16H,7,10-11,14H2,1-6H3,(H,23,26). The molecule has 1 N–H and O–H groups in total. The summed E-state index contributed by atoms with van der Waals surface area (Å²) in [7, 11) is 1.60. The summed E-state index contributed by atoms with van der Waals surface area (Å²) in [4.78, 5) is 32.3. The average Bonchev–Trinajstić information content (AvgIpc) is 2.65. The monoisotopic (exact) mass is 403 g/mol. The second kappa shape index (κ2) is 10.3. The average molecular weight is 404 g/mol. The van der Waals surface area contributed by atoms with E-state index >= 15 is 0 Å². The van der Waals surface area contributed by atoms with Gasteiger partial charge < -0.3 is 24.3 Å². The van der Waals surface area contributed by atoms with Crippen molar-refractivity contribution in [1.82, 2.24) is 14.8 Å². The highest BCUT2D eigenvalue weighted by molar-refractivity contribution is 5.81. The van der Waals surface area contributed by atoms with Crippen molar-refractivity contribution in [2.45, 2.75) is 53.2 Å². The minimum absolute atomic E-state index is 0.0520. The molecule has 2 rings (SSSR count). The fourth-order valence-electron chi connectivity index (χ4n) is 3.45. The molecule has 0 spiro atoms. The lowest BCUT2D eigenvalue weighted by Gasteiger charge is -2.36. The minimum Gasteiger partial charge on any atom is -0.494 e. The van der Waals surface area contributed by atoms with Crippen molar-refractivity contribution in [2.24, 2.45) is 0 Å². The first-order valence-corrected chi connectivity index (χ1v) is 10.1. The minimum atomic E-state index is -0.197. The predicted octanol–water partition coefficient (Wildman–Crippen LogP) is 3.61. The van der Waals surface area contributed by atoms with Crippen LogP contribution in [0, 0.1) is 0 Å². The third kappa shape index (κ3) is 5.73. The zero-order valence-corrected chi connectivity index (χ0v) is 18.3. The van der Waals surface area contributed by atoms with Gasteiger partial charge in [-0.1, -0.05) is 0 Å². The first-order valence-electron chi connectivity index (χ1n) is 10.1. The molecule has 2 aromatic rings. The maximum atomic E-state index is 13.2. The molecule has 0 aliphatic carbocycles. The van der Waals surface area contributed by atoms with Crippen LogP contribution in [-0.2, 0) is 11.3 Å². The summed E-state index contributed by atoms with van der Waals surface area (Å²) in [6, 6.07) is 7.40. The Balaban J connectivity index is 2.38. The van der Waals surface area contributed by atoms with Gasteiger partial charge in [0.25, 0.3) is 5.56 Å². The van der Waals surface area contributed by atoms with Gasteiger partial charge in [0.2, 0.25) is 0 Å². The van der Waals surface area contributed by atoms with Crippen LogP contribution in [0.4, 0.5) is 4.79 Å². The maximum Gasteiger partial charge on any atom is 0.320 e. The van der Waals surface area contributed by atoms with Gasteiger partial charge in [-0.3, -0.25) is 4.79 Å². The molecule has 0 atom stereocenters. The molecule has 1 heterocycles. The smallest absolute Gasteiger partial charge is 0.320 e. The summed E-state index contributed by atoms with van der Waals surface area (Å²) in [6.07, 6.45) is 0. The molecule has 0 saturated heterocycles. The van der Waals surface area contributed by atoms with Crippen molar-refractivity contribution < 1.29 is 14.3 Å². The van der Waals surface area contributed by atoms with E-state index in [-0.39, 0.29) is 30.2 Å². The van der Waals surface area contributed by atoms with Gasteiger partial charge in [0.05, 0.1) is 19.8 Å². The number of methoxy groups -OCH3 is 1. The molecular weight excluding hydrogens is 370 g/mol. The number of rotatable bonds is 9. The fraction of sp³-hybridized carbons (Fsp3) is 0.545. The fourth-order valence-corrected chi connectivity index (χ4v) is 3.45. The summed E-state index contributed by atoms with van der Waals surface area (Å²) in [5.74, 6) is 0.746. The number of pyridine rings is 1. The van der Waals surface area contributed by atoms with Crippen LogP contribution < -0.4 is 10.3 Å². The van der Waals surface area contributed by atoms with Gasteiger partial charge in [-0.25, -0.2) is 4.79 Å². The molecule has 160 valence electrons. The maximum absolute atomic E-state index is 13.2. The van der Waals surface area contributed by atoms with Gasteiger partial charge in [0.15, 0.2) is 0 Å². The molecule has 0 bridgehead atoms. The third-order valence-electron chi connectivity index (χ3n) is 4.73. The van der Waals surface area contributed by atoms with E-state index in [0.29, 0.717) is 25.3 Å². The number of carbonyl (C=O) groups is 1. The van der Waals surface area contributed by atoms with E-state index in [4.69, 9.17) is 9.47 Å². The number of hydrogen-bond donors (Lipinski definition) is 1. The zero-order chi connectivity index (χ0) is 21.6. The predicted molar refractivity (Wildman–Crippen MR) is 116 cm³/mol. The Morgan fingerprint density at radius 2 is 1.83 bits per heavy atom. The molecule has 0 fully saturated rings. The Hall–Kier alpha value is -2.54. The van der Waals surface area contributed by atoms with Crippen molar-refractivity contribution in [3.05, 3.63) is 40.2 Å². The van der Waals surface area contributed by atoms with Gasteiger partial charge in [-0.2, -0.15) is 0 Å². The number of fused-ring (bicyclic) bond motifs is 1. The summed E-state index contributed by atoms with van der Waals surface area (Å²) in [5.41, 5.74) is 1.07. The molecule has 7 heteroatoms. The number of urea groups is 1. The number of nitrogens with one attached hydrogen (secondary N) is 1. The van der Waals surface area contributed by atoms with Crippen molar-refractivity contribution in [3.63, 3.8) is 0 Å². The highest BCUT2D eigenvalue weighted by Gasteiger charge is 2.26. The normalized spacial score (nSPS) is 11.3. The van der Waals surface area contributed by atoms with Crippen molar-refractivity contribution >= 4 is 16.9 Å². The first-order chi connectivity index (χ1) is 13.8.